The molecule has 2 heterocycles. The third-order valence-electron chi connectivity index (χ3n) is 3.82. The van der Waals surface area contributed by atoms with Crippen LogP contribution in [-0.2, 0) is 0 Å². The van der Waals surface area contributed by atoms with Gasteiger partial charge in [0.2, 0.25) is 0 Å². The Labute approximate surface area is 154 Å². The largest absolute Gasteiger partial charge is 0.496 e. The van der Waals surface area contributed by atoms with Crippen LogP contribution in [0.2, 0.25) is 5.02 Å². The van der Waals surface area contributed by atoms with Crippen LogP contribution in [0.1, 0.15) is 0 Å². The van der Waals surface area contributed by atoms with Gasteiger partial charge in [-0.05, 0) is 42.5 Å². The van der Waals surface area contributed by atoms with Gasteiger partial charge < -0.3 is 9.47 Å². The zero-order valence-corrected chi connectivity index (χ0v) is 15.0. The van der Waals surface area contributed by atoms with Gasteiger partial charge in [-0.25, -0.2) is 0 Å². The number of ether oxygens (including phenoxy) is 2. The van der Waals surface area contributed by atoms with Crippen LogP contribution >= 0.6 is 22.9 Å². The third-order valence-corrected chi connectivity index (χ3v) is 5.18. The Morgan fingerprint density at radius 3 is 2.56 bits per heavy atom. The van der Waals surface area contributed by atoms with Crippen molar-refractivity contribution in [2.75, 3.05) is 7.11 Å². The zero-order valence-electron chi connectivity index (χ0n) is 13.4. The number of methoxy groups -OCH3 is 1. The van der Waals surface area contributed by atoms with Crippen molar-refractivity contribution in [1.29, 1.82) is 0 Å². The average Bonchev–Trinajstić information content (AvgIpc) is 3.09. The van der Waals surface area contributed by atoms with E-state index in [9.17, 15) is 0 Å². The fourth-order valence-electron chi connectivity index (χ4n) is 2.63. The van der Waals surface area contributed by atoms with Crippen LogP contribution in [0.5, 0.6) is 17.2 Å². The van der Waals surface area contributed by atoms with E-state index in [2.05, 4.69) is 17.1 Å². The topological polar surface area (TPSA) is 31.4 Å². The number of nitrogens with zero attached hydrogens (tertiary/aromatic N) is 1. The number of benzene rings is 2. The molecule has 2 aromatic carbocycles. The standard InChI is InChI=1S/C20H14ClNO2S/c1-23-17-5-3-2-4-15(17)19-10-16-18(11-22-12-20(16)25-19)24-14-8-6-13(21)7-9-14/h2-12H,1H3. The van der Waals surface area contributed by atoms with Gasteiger partial charge in [0.05, 0.1) is 18.0 Å². The van der Waals surface area contributed by atoms with Gasteiger partial charge in [-0.15, -0.1) is 11.3 Å². The first-order valence-corrected chi connectivity index (χ1v) is 8.88. The smallest absolute Gasteiger partial charge is 0.154 e. The maximum absolute atomic E-state index is 6.01. The lowest BCUT2D eigenvalue weighted by atomic mass is 10.1. The summed E-state index contributed by atoms with van der Waals surface area (Å²) in [4.78, 5) is 5.42. The summed E-state index contributed by atoms with van der Waals surface area (Å²) in [5.41, 5.74) is 1.06. The molecule has 0 radical (unpaired) electrons. The number of rotatable bonds is 4. The summed E-state index contributed by atoms with van der Waals surface area (Å²) in [5.74, 6) is 2.29. The van der Waals surface area contributed by atoms with Crippen molar-refractivity contribution in [1.82, 2.24) is 4.98 Å². The molecular weight excluding hydrogens is 354 g/mol. The van der Waals surface area contributed by atoms with Gasteiger partial charge in [0, 0.05) is 27.0 Å². The summed E-state index contributed by atoms with van der Waals surface area (Å²) < 4.78 is 12.5. The predicted molar refractivity (Wildman–Crippen MR) is 103 cm³/mol. The molecule has 3 nitrogen and oxygen atoms in total. The monoisotopic (exact) mass is 367 g/mol. The molecule has 0 aliphatic rings. The summed E-state index contributed by atoms with van der Waals surface area (Å²) in [7, 11) is 1.68. The number of halogens is 1. The molecule has 5 heteroatoms. The molecule has 0 spiro atoms. The van der Waals surface area contributed by atoms with Crippen LogP contribution in [0.15, 0.2) is 67.0 Å². The Morgan fingerprint density at radius 2 is 1.76 bits per heavy atom. The van der Waals surface area contributed by atoms with Crippen molar-refractivity contribution in [3.63, 3.8) is 0 Å². The number of fused-ring (bicyclic) bond motifs is 1. The molecule has 0 saturated heterocycles. The molecule has 0 fully saturated rings. The SMILES string of the molecule is COc1ccccc1-c1cc2c(Oc3ccc(Cl)cc3)cncc2s1. The highest BCUT2D eigenvalue weighted by atomic mass is 35.5. The van der Waals surface area contributed by atoms with Crippen LogP contribution in [0.3, 0.4) is 0 Å². The molecule has 25 heavy (non-hydrogen) atoms. The molecule has 0 atom stereocenters. The van der Waals surface area contributed by atoms with Gasteiger partial charge in [-0.3, -0.25) is 4.98 Å². The molecule has 0 bridgehead atoms. The molecule has 0 aliphatic carbocycles. The number of para-hydroxylation sites is 1. The molecule has 124 valence electrons. The lowest BCUT2D eigenvalue weighted by Gasteiger charge is -2.06. The van der Waals surface area contributed by atoms with Crippen LogP contribution in [-0.4, -0.2) is 12.1 Å². The van der Waals surface area contributed by atoms with Crippen molar-refractivity contribution in [2.45, 2.75) is 0 Å². The molecule has 0 aliphatic heterocycles. The first kappa shape index (κ1) is 15.9. The maximum atomic E-state index is 6.01. The van der Waals surface area contributed by atoms with Crippen molar-refractivity contribution in [3.05, 3.63) is 72.0 Å². The van der Waals surface area contributed by atoms with Gasteiger partial charge in [0.1, 0.15) is 11.5 Å². The number of aromatic nitrogens is 1. The average molecular weight is 368 g/mol. The quantitative estimate of drug-likeness (QED) is 0.417. The van der Waals surface area contributed by atoms with Crippen molar-refractivity contribution in [3.8, 4) is 27.7 Å². The molecule has 0 saturated carbocycles. The highest BCUT2D eigenvalue weighted by Crippen LogP contribution is 2.41. The second-order valence-electron chi connectivity index (χ2n) is 5.42. The molecule has 4 aromatic rings. The van der Waals surface area contributed by atoms with E-state index in [1.54, 1.807) is 36.8 Å². The first-order chi connectivity index (χ1) is 12.2. The van der Waals surface area contributed by atoms with Gasteiger partial charge in [0.25, 0.3) is 0 Å². The molecule has 0 amide bonds. The van der Waals surface area contributed by atoms with E-state index < -0.39 is 0 Å². The second-order valence-corrected chi connectivity index (χ2v) is 6.94. The number of thiophene rings is 1. The Morgan fingerprint density at radius 1 is 0.960 bits per heavy atom. The minimum Gasteiger partial charge on any atom is -0.496 e. The first-order valence-electron chi connectivity index (χ1n) is 7.69. The zero-order chi connectivity index (χ0) is 17.2. The maximum Gasteiger partial charge on any atom is 0.154 e. The van der Waals surface area contributed by atoms with E-state index in [0.29, 0.717) is 5.02 Å². The third kappa shape index (κ3) is 3.18. The minimum absolute atomic E-state index is 0.678. The Bertz CT molecular complexity index is 1030. The Kier molecular flexibility index (Phi) is 4.30. The lowest BCUT2D eigenvalue weighted by molar-refractivity contribution is 0.416. The number of hydrogen-bond acceptors (Lipinski definition) is 4. The van der Waals surface area contributed by atoms with E-state index in [4.69, 9.17) is 21.1 Å². The van der Waals surface area contributed by atoms with E-state index in [-0.39, 0.29) is 0 Å². The van der Waals surface area contributed by atoms with E-state index in [1.165, 1.54) is 0 Å². The molecule has 2 aromatic heterocycles. The number of hydrogen-bond donors (Lipinski definition) is 0. The fraction of sp³-hybridized carbons (Fsp3) is 0.0500. The van der Waals surface area contributed by atoms with Crippen LogP contribution < -0.4 is 9.47 Å². The second kappa shape index (κ2) is 6.75. The molecular formula is C20H14ClNO2S. The van der Waals surface area contributed by atoms with Gasteiger partial charge >= 0.3 is 0 Å². The van der Waals surface area contributed by atoms with E-state index in [0.717, 1.165) is 37.8 Å². The number of pyridine rings is 1. The summed E-state index contributed by atoms with van der Waals surface area (Å²) in [6.07, 6.45) is 3.59. The highest BCUT2D eigenvalue weighted by Gasteiger charge is 2.13. The van der Waals surface area contributed by atoms with Crippen LogP contribution in [0.25, 0.3) is 20.5 Å². The highest BCUT2D eigenvalue weighted by molar-refractivity contribution is 7.22. The van der Waals surface area contributed by atoms with Gasteiger partial charge in [-0.1, -0.05) is 23.7 Å². The van der Waals surface area contributed by atoms with Crippen LogP contribution in [0, 0.1) is 0 Å². The predicted octanol–water partition coefficient (Wildman–Crippen LogP) is 6.42. The molecule has 0 unspecified atom stereocenters. The summed E-state index contributed by atoms with van der Waals surface area (Å²) >= 11 is 7.59. The normalized spacial score (nSPS) is 10.8. The summed E-state index contributed by atoms with van der Waals surface area (Å²) in [5, 5.41) is 1.70. The minimum atomic E-state index is 0.678. The molecule has 4 rings (SSSR count). The Hall–Kier alpha value is -2.56. The van der Waals surface area contributed by atoms with Gasteiger partial charge in [0.15, 0.2) is 5.75 Å². The van der Waals surface area contributed by atoms with E-state index in [1.807, 2.05) is 36.5 Å². The summed E-state index contributed by atoms with van der Waals surface area (Å²) in [6.45, 7) is 0. The lowest BCUT2D eigenvalue weighted by Crippen LogP contribution is -1.86. The fourth-order valence-corrected chi connectivity index (χ4v) is 3.83. The summed E-state index contributed by atoms with van der Waals surface area (Å²) in [6, 6.07) is 17.4. The van der Waals surface area contributed by atoms with E-state index >= 15 is 0 Å². The van der Waals surface area contributed by atoms with Crippen molar-refractivity contribution >= 4 is 33.0 Å². The van der Waals surface area contributed by atoms with Gasteiger partial charge in [-0.2, -0.15) is 0 Å². The van der Waals surface area contributed by atoms with Crippen molar-refractivity contribution < 1.29 is 9.47 Å². The van der Waals surface area contributed by atoms with Crippen LogP contribution in [0.4, 0.5) is 0 Å². The van der Waals surface area contributed by atoms with Crippen molar-refractivity contribution in [2.24, 2.45) is 0 Å². The Balaban J connectivity index is 1.77. The molecule has 0 N–H and O–H groups in total.